The summed E-state index contributed by atoms with van der Waals surface area (Å²) in [7, 11) is 2.39. The molecule has 0 unspecified atom stereocenters. The zero-order chi connectivity index (χ0) is 16.5. The molecule has 0 bridgehead atoms. The van der Waals surface area contributed by atoms with Crippen molar-refractivity contribution in [1.82, 2.24) is 0 Å². The summed E-state index contributed by atoms with van der Waals surface area (Å²) in [6.07, 6.45) is 3.17. The number of halogens is 1. The zero-order valence-corrected chi connectivity index (χ0v) is 13.9. The molecule has 0 aliphatic carbocycles. The maximum absolute atomic E-state index is 12.0. The molecule has 0 amide bonds. The molecule has 21 heavy (non-hydrogen) atoms. The Morgan fingerprint density at radius 2 is 1.67 bits per heavy atom. The smallest absolute Gasteiger partial charge is 0.323 e. The fraction of sp³-hybridized carbons (Fsp3) is 0.500. The number of carbonyl (C=O) groups is 3. The van der Waals surface area contributed by atoms with Crippen molar-refractivity contribution in [2.75, 3.05) is 20.8 Å². The van der Waals surface area contributed by atoms with Gasteiger partial charge in [0, 0.05) is 13.3 Å². The maximum Gasteiger partial charge on any atom is 0.323 e. The Bertz CT molecular complexity index is 425. The van der Waals surface area contributed by atoms with E-state index in [1.54, 1.807) is 12.2 Å². The number of hydrogen-bond donors (Lipinski definition) is 0. The molecule has 7 heteroatoms. The highest BCUT2D eigenvalue weighted by molar-refractivity contribution is 9.11. The van der Waals surface area contributed by atoms with E-state index in [0.717, 1.165) is 0 Å². The second-order valence-corrected chi connectivity index (χ2v) is 5.36. The standard InChI is InChI=1S/C14H19BrO6/c1-10(15)9-14(12(17)19-3,13(18)20-4)7-5-6-8-21-11(2)16/h5-6H,1,7-9H2,2-4H3/b6-5+. The number of carbonyl (C=O) groups excluding carboxylic acids is 3. The lowest BCUT2D eigenvalue weighted by Crippen LogP contribution is -2.41. The number of esters is 3. The molecule has 0 rings (SSSR count). The van der Waals surface area contributed by atoms with E-state index in [4.69, 9.17) is 14.2 Å². The Hall–Kier alpha value is -1.63. The van der Waals surface area contributed by atoms with E-state index in [-0.39, 0.29) is 19.4 Å². The molecular weight excluding hydrogens is 344 g/mol. The van der Waals surface area contributed by atoms with Crippen LogP contribution in [0.4, 0.5) is 0 Å². The molecule has 0 N–H and O–H groups in total. The third-order valence-electron chi connectivity index (χ3n) is 2.66. The van der Waals surface area contributed by atoms with Gasteiger partial charge in [0.05, 0.1) is 14.2 Å². The number of rotatable bonds is 8. The molecule has 0 fully saturated rings. The van der Waals surface area contributed by atoms with Crippen LogP contribution < -0.4 is 0 Å². The zero-order valence-electron chi connectivity index (χ0n) is 12.3. The minimum atomic E-state index is -1.52. The van der Waals surface area contributed by atoms with Crippen molar-refractivity contribution in [2.24, 2.45) is 5.41 Å². The fourth-order valence-corrected chi connectivity index (χ4v) is 2.18. The van der Waals surface area contributed by atoms with E-state index in [1.165, 1.54) is 21.1 Å². The molecule has 0 radical (unpaired) electrons. The molecule has 0 aliphatic heterocycles. The molecule has 0 aromatic heterocycles. The molecule has 0 aromatic carbocycles. The lowest BCUT2D eigenvalue weighted by Gasteiger charge is -2.26. The molecule has 0 saturated heterocycles. The third kappa shape index (κ3) is 6.12. The van der Waals surface area contributed by atoms with Gasteiger partial charge in [-0.2, -0.15) is 0 Å². The van der Waals surface area contributed by atoms with E-state index < -0.39 is 23.3 Å². The van der Waals surface area contributed by atoms with E-state index in [1.807, 2.05) is 0 Å². The van der Waals surface area contributed by atoms with Gasteiger partial charge >= 0.3 is 17.9 Å². The largest absolute Gasteiger partial charge is 0.468 e. The van der Waals surface area contributed by atoms with Gasteiger partial charge in [-0.15, -0.1) is 0 Å². The molecule has 0 spiro atoms. The SMILES string of the molecule is C=C(Br)CC(C/C=C/COC(C)=O)(C(=O)OC)C(=O)OC. The second-order valence-electron chi connectivity index (χ2n) is 4.24. The van der Waals surface area contributed by atoms with Crippen LogP contribution in [0.25, 0.3) is 0 Å². The van der Waals surface area contributed by atoms with E-state index >= 15 is 0 Å². The lowest BCUT2D eigenvalue weighted by molar-refractivity contribution is -0.168. The summed E-state index contributed by atoms with van der Waals surface area (Å²) in [5.41, 5.74) is -1.52. The van der Waals surface area contributed by atoms with E-state index in [9.17, 15) is 14.4 Å². The van der Waals surface area contributed by atoms with Crippen LogP contribution in [0.15, 0.2) is 23.2 Å². The highest BCUT2D eigenvalue weighted by Gasteiger charge is 2.47. The fourth-order valence-electron chi connectivity index (χ4n) is 1.70. The highest BCUT2D eigenvalue weighted by atomic mass is 79.9. The first-order chi connectivity index (χ1) is 9.80. The van der Waals surface area contributed by atoms with Crippen LogP contribution in [0.5, 0.6) is 0 Å². The van der Waals surface area contributed by atoms with Crippen LogP contribution in [0.2, 0.25) is 0 Å². The Labute approximate surface area is 132 Å². The molecule has 0 atom stereocenters. The predicted octanol–water partition coefficient (Wildman–Crippen LogP) is 2.13. The molecule has 0 aliphatic rings. The van der Waals surface area contributed by atoms with E-state index in [0.29, 0.717) is 4.48 Å². The summed E-state index contributed by atoms with van der Waals surface area (Å²) >= 11 is 3.14. The van der Waals surface area contributed by atoms with Crippen LogP contribution in [-0.2, 0) is 28.6 Å². The van der Waals surface area contributed by atoms with Crippen LogP contribution in [0.3, 0.4) is 0 Å². The van der Waals surface area contributed by atoms with Gasteiger partial charge in [-0.3, -0.25) is 14.4 Å². The number of allylic oxidation sites excluding steroid dienone is 2. The summed E-state index contributed by atoms with van der Waals surface area (Å²) in [6.45, 7) is 4.99. The Morgan fingerprint density at radius 3 is 2.05 bits per heavy atom. The number of hydrogen-bond acceptors (Lipinski definition) is 6. The first kappa shape index (κ1) is 19.4. The average molecular weight is 363 g/mol. The normalized spacial score (nSPS) is 11.0. The molecular formula is C14H19BrO6. The summed E-state index contributed by atoms with van der Waals surface area (Å²) in [4.78, 5) is 34.7. The number of methoxy groups -OCH3 is 2. The van der Waals surface area contributed by atoms with Gasteiger partial charge in [-0.1, -0.05) is 34.7 Å². The van der Waals surface area contributed by atoms with E-state index in [2.05, 4.69) is 22.5 Å². The quantitative estimate of drug-likeness (QED) is 0.285. The van der Waals surface area contributed by atoms with Gasteiger partial charge in [0.15, 0.2) is 5.41 Å². The van der Waals surface area contributed by atoms with Crippen LogP contribution >= 0.6 is 15.9 Å². The molecule has 0 aromatic rings. The van der Waals surface area contributed by atoms with Gasteiger partial charge in [-0.25, -0.2) is 0 Å². The van der Waals surface area contributed by atoms with Crippen molar-refractivity contribution >= 4 is 33.8 Å². The topological polar surface area (TPSA) is 78.9 Å². The van der Waals surface area contributed by atoms with Crippen LogP contribution in [-0.4, -0.2) is 38.7 Å². The Kier molecular flexibility index (Phi) is 8.61. The Morgan fingerprint density at radius 1 is 1.14 bits per heavy atom. The van der Waals surface area contributed by atoms with Crippen molar-refractivity contribution < 1.29 is 28.6 Å². The van der Waals surface area contributed by atoms with Crippen molar-refractivity contribution in [2.45, 2.75) is 19.8 Å². The van der Waals surface area contributed by atoms with Gasteiger partial charge in [0.1, 0.15) is 6.61 Å². The molecule has 6 nitrogen and oxygen atoms in total. The molecule has 0 heterocycles. The van der Waals surface area contributed by atoms with Gasteiger partial charge in [0.25, 0.3) is 0 Å². The van der Waals surface area contributed by atoms with Gasteiger partial charge in [0.2, 0.25) is 0 Å². The minimum Gasteiger partial charge on any atom is -0.468 e. The van der Waals surface area contributed by atoms with Crippen molar-refractivity contribution in [3.63, 3.8) is 0 Å². The number of ether oxygens (including phenoxy) is 3. The van der Waals surface area contributed by atoms with Crippen molar-refractivity contribution in [1.29, 1.82) is 0 Å². The second kappa shape index (κ2) is 9.33. The highest BCUT2D eigenvalue weighted by Crippen LogP contribution is 2.35. The van der Waals surface area contributed by atoms with Crippen LogP contribution in [0, 0.1) is 5.41 Å². The lowest BCUT2D eigenvalue weighted by atomic mass is 9.81. The minimum absolute atomic E-state index is 0.0320. The first-order valence-electron chi connectivity index (χ1n) is 6.08. The van der Waals surface area contributed by atoms with Crippen LogP contribution in [0.1, 0.15) is 19.8 Å². The third-order valence-corrected chi connectivity index (χ3v) is 2.94. The Balaban J connectivity index is 5.17. The molecule has 118 valence electrons. The van der Waals surface area contributed by atoms with Crippen molar-refractivity contribution in [3.05, 3.63) is 23.2 Å². The summed E-state index contributed by atoms with van der Waals surface area (Å²) in [6, 6.07) is 0. The van der Waals surface area contributed by atoms with Gasteiger partial charge in [-0.05, 0) is 10.9 Å². The maximum atomic E-state index is 12.0. The summed E-state index contributed by atoms with van der Waals surface area (Å²) in [5.74, 6) is -1.85. The summed E-state index contributed by atoms with van der Waals surface area (Å²) < 4.78 is 14.6. The average Bonchev–Trinajstić information content (AvgIpc) is 2.42. The first-order valence-corrected chi connectivity index (χ1v) is 6.88. The van der Waals surface area contributed by atoms with Crippen molar-refractivity contribution in [3.8, 4) is 0 Å². The summed E-state index contributed by atoms with van der Waals surface area (Å²) in [5, 5.41) is 0. The van der Waals surface area contributed by atoms with Gasteiger partial charge < -0.3 is 14.2 Å². The molecule has 0 saturated carbocycles. The monoisotopic (exact) mass is 362 g/mol. The predicted molar refractivity (Wildman–Crippen MR) is 79.5 cm³/mol.